The molecule has 0 bridgehead atoms. The van der Waals surface area contributed by atoms with Gasteiger partial charge in [-0.3, -0.25) is 4.90 Å². The van der Waals surface area contributed by atoms with Crippen LogP contribution in [0.3, 0.4) is 0 Å². The monoisotopic (exact) mass is 421 g/mol. The molecule has 1 aliphatic heterocycles. The minimum absolute atomic E-state index is 0.00644. The lowest BCUT2D eigenvalue weighted by atomic mass is 10.1. The van der Waals surface area contributed by atoms with Crippen LogP contribution in [-0.2, 0) is 19.6 Å². The van der Waals surface area contributed by atoms with E-state index in [-0.39, 0.29) is 23.9 Å². The molecule has 0 saturated carbocycles. The van der Waals surface area contributed by atoms with E-state index >= 15 is 0 Å². The molecule has 0 aromatic heterocycles. The number of carbonyl (C=O) groups excluding carboxylic acids is 1. The Hall–Kier alpha value is -2.74. The third-order valence-corrected chi connectivity index (χ3v) is 5.09. The van der Waals surface area contributed by atoms with E-state index in [9.17, 15) is 18.0 Å². The molecule has 3 rings (SSSR count). The predicted octanol–water partition coefficient (Wildman–Crippen LogP) is 4.52. The van der Waals surface area contributed by atoms with Gasteiger partial charge in [-0.05, 0) is 43.1 Å². The second-order valence-electron chi connectivity index (χ2n) is 7.42. The van der Waals surface area contributed by atoms with Crippen molar-refractivity contribution in [2.45, 2.75) is 38.8 Å². The van der Waals surface area contributed by atoms with Crippen LogP contribution in [0.1, 0.15) is 29.5 Å². The SMILES string of the molecule is CN(Cc1ccccc1OC(F)(F)F)C(=O)NCc1ccccc1CN1CCCC1. The minimum atomic E-state index is -4.78. The molecule has 1 saturated heterocycles. The van der Waals surface area contributed by atoms with Gasteiger partial charge < -0.3 is 15.0 Å². The Balaban J connectivity index is 1.58. The zero-order valence-corrected chi connectivity index (χ0v) is 16.9. The van der Waals surface area contributed by atoms with E-state index < -0.39 is 6.36 Å². The molecule has 2 aromatic rings. The predicted molar refractivity (Wildman–Crippen MR) is 108 cm³/mol. The molecule has 0 unspecified atom stereocenters. The summed E-state index contributed by atoms with van der Waals surface area (Å²) in [6, 6.07) is 13.4. The summed E-state index contributed by atoms with van der Waals surface area (Å²) < 4.78 is 41.8. The summed E-state index contributed by atoms with van der Waals surface area (Å²) >= 11 is 0. The molecule has 162 valence electrons. The normalized spacial score (nSPS) is 14.5. The number of likely N-dealkylation sites (tertiary alicyclic amines) is 1. The fourth-order valence-corrected chi connectivity index (χ4v) is 3.56. The van der Waals surface area contributed by atoms with Crippen LogP contribution in [-0.4, -0.2) is 42.3 Å². The van der Waals surface area contributed by atoms with Crippen LogP contribution < -0.4 is 10.1 Å². The number of hydrogen-bond acceptors (Lipinski definition) is 3. The van der Waals surface area contributed by atoms with Crippen LogP contribution in [0.15, 0.2) is 48.5 Å². The van der Waals surface area contributed by atoms with Crippen molar-refractivity contribution < 1.29 is 22.7 Å². The summed E-state index contributed by atoms with van der Waals surface area (Å²) in [5.74, 6) is -0.305. The van der Waals surface area contributed by atoms with Crippen molar-refractivity contribution in [2.24, 2.45) is 0 Å². The van der Waals surface area contributed by atoms with Crippen LogP contribution in [0.4, 0.5) is 18.0 Å². The van der Waals surface area contributed by atoms with Crippen LogP contribution in [0.2, 0.25) is 0 Å². The third-order valence-electron chi connectivity index (χ3n) is 5.09. The number of halogens is 3. The lowest BCUT2D eigenvalue weighted by molar-refractivity contribution is -0.275. The lowest BCUT2D eigenvalue weighted by Crippen LogP contribution is -2.36. The van der Waals surface area contributed by atoms with Gasteiger partial charge in [-0.25, -0.2) is 4.79 Å². The second-order valence-corrected chi connectivity index (χ2v) is 7.42. The quantitative estimate of drug-likeness (QED) is 0.715. The Labute approximate surface area is 174 Å². The van der Waals surface area contributed by atoms with E-state index in [1.165, 1.54) is 48.6 Å². The number of carbonyl (C=O) groups is 1. The Morgan fingerprint density at radius 3 is 2.30 bits per heavy atom. The first-order valence-electron chi connectivity index (χ1n) is 9.93. The van der Waals surface area contributed by atoms with Crippen molar-refractivity contribution in [3.8, 4) is 5.75 Å². The van der Waals surface area contributed by atoms with Gasteiger partial charge >= 0.3 is 12.4 Å². The molecule has 0 radical (unpaired) electrons. The summed E-state index contributed by atoms with van der Waals surface area (Å²) in [6.07, 6.45) is -2.36. The van der Waals surface area contributed by atoms with Gasteiger partial charge in [-0.15, -0.1) is 13.2 Å². The first-order valence-corrected chi connectivity index (χ1v) is 9.93. The molecular weight excluding hydrogens is 395 g/mol. The van der Waals surface area contributed by atoms with Gasteiger partial charge in [0, 0.05) is 25.7 Å². The molecule has 0 aliphatic carbocycles. The van der Waals surface area contributed by atoms with Crippen molar-refractivity contribution in [2.75, 3.05) is 20.1 Å². The maximum Gasteiger partial charge on any atom is 0.573 e. The van der Waals surface area contributed by atoms with E-state index in [1.807, 2.05) is 18.2 Å². The Bertz CT molecular complexity index is 852. The van der Waals surface area contributed by atoms with Crippen LogP contribution >= 0.6 is 0 Å². The van der Waals surface area contributed by atoms with E-state index in [0.29, 0.717) is 6.54 Å². The number of urea groups is 1. The van der Waals surface area contributed by atoms with Gasteiger partial charge in [-0.1, -0.05) is 42.5 Å². The topological polar surface area (TPSA) is 44.8 Å². The second kappa shape index (κ2) is 9.84. The highest BCUT2D eigenvalue weighted by atomic mass is 19.4. The van der Waals surface area contributed by atoms with Gasteiger partial charge in [0.1, 0.15) is 5.75 Å². The van der Waals surface area contributed by atoms with E-state index in [0.717, 1.165) is 25.2 Å². The van der Waals surface area contributed by atoms with Crippen molar-refractivity contribution >= 4 is 6.03 Å². The smallest absolute Gasteiger partial charge is 0.405 e. The highest BCUT2D eigenvalue weighted by Crippen LogP contribution is 2.27. The van der Waals surface area contributed by atoms with Gasteiger partial charge in [-0.2, -0.15) is 0 Å². The zero-order chi connectivity index (χ0) is 21.6. The number of hydrogen-bond donors (Lipinski definition) is 1. The van der Waals surface area contributed by atoms with Crippen LogP contribution in [0.5, 0.6) is 5.75 Å². The summed E-state index contributed by atoms with van der Waals surface area (Å²) in [4.78, 5) is 16.2. The van der Waals surface area contributed by atoms with Gasteiger partial charge in [0.15, 0.2) is 0 Å². The summed E-state index contributed by atoms with van der Waals surface area (Å²) in [5, 5.41) is 2.86. The average molecular weight is 421 g/mol. The molecule has 0 spiro atoms. The maximum absolute atomic E-state index is 12.6. The fraction of sp³-hybridized carbons (Fsp3) is 0.409. The van der Waals surface area contributed by atoms with E-state index in [2.05, 4.69) is 21.0 Å². The Morgan fingerprint density at radius 1 is 1.03 bits per heavy atom. The number of alkyl halides is 3. The highest BCUT2D eigenvalue weighted by Gasteiger charge is 2.32. The van der Waals surface area contributed by atoms with E-state index in [4.69, 9.17) is 0 Å². The van der Waals surface area contributed by atoms with Gasteiger partial charge in [0.05, 0.1) is 6.54 Å². The molecule has 1 N–H and O–H groups in total. The lowest BCUT2D eigenvalue weighted by Gasteiger charge is -2.21. The maximum atomic E-state index is 12.6. The fourth-order valence-electron chi connectivity index (χ4n) is 3.56. The molecular formula is C22H26F3N3O2. The van der Waals surface area contributed by atoms with E-state index in [1.54, 1.807) is 6.07 Å². The third kappa shape index (κ3) is 6.38. The molecule has 0 atom stereocenters. The molecule has 5 nitrogen and oxygen atoms in total. The number of nitrogens with one attached hydrogen (secondary N) is 1. The summed E-state index contributed by atoms with van der Waals surface area (Å²) in [6.45, 7) is 3.37. The van der Waals surface area contributed by atoms with Gasteiger partial charge in [0.2, 0.25) is 0 Å². The number of ether oxygens (including phenoxy) is 1. The van der Waals surface area contributed by atoms with Crippen molar-refractivity contribution in [3.63, 3.8) is 0 Å². The minimum Gasteiger partial charge on any atom is -0.405 e. The molecule has 1 heterocycles. The molecule has 30 heavy (non-hydrogen) atoms. The standard InChI is InChI=1S/C22H26F3N3O2/c1-27(15-19-10-4-5-11-20(19)30-22(23,24)25)21(29)26-14-17-8-2-3-9-18(17)16-28-12-6-7-13-28/h2-5,8-11H,6-7,12-16H2,1H3,(H,26,29). The summed E-state index contributed by atoms with van der Waals surface area (Å²) in [7, 11) is 1.54. The van der Waals surface area contributed by atoms with Crippen molar-refractivity contribution in [3.05, 3.63) is 65.2 Å². The highest BCUT2D eigenvalue weighted by molar-refractivity contribution is 5.74. The first kappa shape index (κ1) is 22.0. The number of para-hydroxylation sites is 1. The Kier molecular flexibility index (Phi) is 7.20. The molecule has 8 heteroatoms. The molecule has 1 aliphatic rings. The molecule has 1 fully saturated rings. The number of amides is 2. The molecule has 2 aromatic carbocycles. The zero-order valence-electron chi connectivity index (χ0n) is 16.9. The van der Waals surface area contributed by atoms with Crippen molar-refractivity contribution in [1.82, 2.24) is 15.1 Å². The number of nitrogens with zero attached hydrogens (tertiary/aromatic N) is 2. The summed E-state index contributed by atoms with van der Waals surface area (Å²) in [5.41, 5.74) is 2.49. The first-order chi connectivity index (χ1) is 14.3. The molecule has 2 amide bonds. The van der Waals surface area contributed by atoms with Crippen molar-refractivity contribution in [1.29, 1.82) is 0 Å². The number of rotatable bonds is 7. The average Bonchev–Trinajstić information content (AvgIpc) is 3.20. The largest absolute Gasteiger partial charge is 0.573 e. The van der Waals surface area contributed by atoms with Crippen LogP contribution in [0.25, 0.3) is 0 Å². The van der Waals surface area contributed by atoms with Crippen LogP contribution in [0, 0.1) is 0 Å². The van der Waals surface area contributed by atoms with Gasteiger partial charge in [0.25, 0.3) is 0 Å². The number of benzene rings is 2. The Morgan fingerprint density at radius 2 is 1.63 bits per heavy atom.